The molecule has 24 nitrogen and oxygen atoms in total. The average molecular weight is 1610 g/mol. The molecule has 20 atom stereocenters. The van der Waals surface area contributed by atoms with Crippen LogP contribution in [0, 0.1) is 81.8 Å². The minimum atomic E-state index is -3.94. The summed E-state index contributed by atoms with van der Waals surface area (Å²) in [4.78, 5) is 127. The summed E-state index contributed by atoms with van der Waals surface area (Å²) in [6, 6.07) is 13.1. The van der Waals surface area contributed by atoms with Crippen molar-refractivity contribution in [3.63, 3.8) is 0 Å². The minimum Gasteiger partial charge on any atom is -0.494 e. The zero-order valence-corrected chi connectivity index (χ0v) is 68.9. The van der Waals surface area contributed by atoms with Crippen molar-refractivity contribution in [2.75, 3.05) is 26.3 Å². The lowest BCUT2D eigenvalue weighted by Gasteiger charge is -2.32. The van der Waals surface area contributed by atoms with Gasteiger partial charge in [0.25, 0.3) is 0 Å². The smallest absolute Gasteiger partial charge is 0.306 e. The zero-order chi connectivity index (χ0) is 80.6. The summed E-state index contributed by atoms with van der Waals surface area (Å²) in [6.45, 7) is 16.6. The number of benzene rings is 2. The highest BCUT2D eigenvalue weighted by Gasteiger charge is 2.65. The Hall–Kier alpha value is -8.00. The van der Waals surface area contributed by atoms with E-state index in [0.717, 1.165) is 72.9 Å². The van der Waals surface area contributed by atoms with Gasteiger partial charge in [-0.15, -0.1) is 0 Å². The number of amides is 4. The number of ether oxygens (including phenoxy) is 6. The van der Waals surface area contributed by atoms with Gasteiger partial charge in [-0.25, -0.2) is 26.8 Å². The van der Waals surface area contributed by atoms with Gasteiger partial charge in [0.1, 0.15) is 35.9 Å². The maximum Gasteiger partial charge on any atom is 0.306 e. The fourth-order valence-electron chi connectivity index (χ4n) is 19.8. The van der Waals surface area contributed by atoms with E-state index in [1.807, 2.05) is 101 Å². The Bertz CT molecular complexity index is 4400. The lowest BCUT2D eigenvalue weighted by Crippen LogP contribution is -2.48. The molecule has 0 radical (unpaired) electrons. The number of hydrogen-bond donors (Lipinski definition) is 2. The Balaban J connectivity index is 0.000000180. The average Bonchev–Trinajstić information content (AvgIpc) is 1.56. The van der Waals surface area contributed by atoms with Gasteiger partial charge < -0.3 is 38.2 Å². The first-order chi connectivity index (χ1) is 54.4. The van der Waals surface area contributed by atoms with Crippen LogP contribution in [0.4, 0.5) is 0 Å². The lowest BCUT2D eigenvalue weighted by atomic mass is 9.82. The molecule has 10 fully saturated rings. The fraction of sp³-hybridized carbons (Fsp3) is 0.659. The molecule has 2 saturated heterocycles. The number of carbonyl (C=O) groups is 8. The molecule has 2 unspecified atom stereocenters. The third-order valence-electron chi connectivity index (χ3n) is 27.9. The van der Waals surface area contributed by atoms with Crippen LogP contribution in [0.15, 0.2) is 85.2 Å². The van der Waals surface area contributed by atoms with E-state index in [1.54, 1.807) is 36.0 Å². The molecule has 2 aromatic carbocycles. The number of pyridine rings is 2. The largest absolute Gasteiger partial charge is 0.494 e. The first-order valence-corrected chi connectivity index (χ1v) is 45.2. The predicted octanol–water partition coefficient (Wildman–Crippen LogP) is 12.6. The van der Waals surface area contributed by atoms with Crippen molar-refractivity contribution >= 4 is 88.7 Å². The molecule has 616 valence electrons. The van der Waals surface area contributed by atoms with Gasteiger partial charge in [0, 0.05) is 48.8 Å². The number of rotatable bonds is 20. The molecule has 6 heterocycles. The summed E-state index contributed by atoms with van der Waals surface area (Å²) in [5.41, 5.74) is -2.50. The second kappa shape index (κ2) is 32.1. The maximum absolute atomic E-state index is 15.0. The summed E-state index contributed by atoms with van der Waals surface area (Å²) in [5, 5.41) is 3.24. The summed E-state index contributed by atoms with van der Waals surface area (Å²) < 4.78 is 92.2. The Morgan fingerprint density at radius 2 is 0.895 bits per heavy atom. The van der Waals surface area contributed by atoms with Crippen molar-refractivity contribution in [2.45, 2.75) is 255 Å². The number of carbonyl (C=O) groups excluding carboxylic acids is 8. The quantitative estimate of drug-likeness (QED) is 0.0613. The molecule has 26 heteroatoms. The molecule has 114 heavy (non-hydrogen) atoms. The van der Waals surface area contributed by atoms with Crippen molar-refractivity contribution in [1.29, 1.82) is 0 Å². The van der Waals surface area contributed by atoms with E-state index >= 15 is 0 Å². The highest BCUT2D eigenvalue weighted by atomic mass is 32.2. The minimum absolute atomic E-state index is 0.0827. The maximum atomic E-state index is 15.0. The lowest BCUT2D eigenvalue weighted by molar-refractivity contribution is -0.155. The first-order valence-electron chi connectivity index (χ1n) is 42.3. The van der Waals surface area contributed by atoms with Gasteiger partial charge in [0.15, 0.2) is 11.6 Å². The molecule has 4 aromatic rings. The summed E-state index contributed by atoms with van der Waals surface area (Å²) in [5.74, 6) is -0.629. The van der Waals surface area contributed by atoms with Crippen LogP contribution in [0.1, 0.15) is 209 Å². The van der Waals surface area contributed by atoms with Gasteiger partial charge in [-0.1, -0.05) is 52.0 Å². The molecule has 8 aliphatic carbocycles. The number of hydrogen-bond acceptors (Lipinski definition) is 20. The van der Waals surface area contributed by atoms with Crippen LogP contribution in [0.5, 0.6) is 23.3 Å². The fourth-order valence-corrected chi connectivity index (χ4v) is 22.4. The Morgan fingerprint density at radius 1 is 0.509 bits per heavy atom. The number of esters is 2. The SMILES string of the molecule is CCOc1ccc2c(O[C@@H]3C[C@H]4C(=O)C[C@]5(C(=O)NS(=O)(=O)C6(C)CC6)C[C@H]5/C=C\CC[C@@H](C)C[C@@H](C)[C@H](CC(=O)OC5C[C@@H]6C[C@@H]6C5)C(=O)N4C3)nccc2c1.CCOc1ccc2c(O[C@@H]3C[C@H]4C(=O)C[C@]5(C(=O)NS(=O)(=O)C6(C)CC6)C[C@H]5/C=C\CC[C@H](C)C[C@@H](C)[C@H](CC(=O)OC5C[C@@H]6C[C@@H]6C5)C(=O)N4C3)nccc2c1. The van der Waals surface area contributed by atoms with Gasteiger partial charge >= 0.3 is 11.9 Å². The van der Waals surface area contributed by atoms with Gasteiger partial charge in [0.2, 0.25) is 55.4 Å². The predicted molar refractivity (Wildman–Crippen MR) is 425 cm³/mol. The van der Waals surface area contributed by atoms with Crippen molar-refractivity contribution in [3.05, 3.63) is 85.2 Å². The molecule has 16 rings (SSSR count). The van der Waals surface area contributed by atoms with Crippen LogP contribution in [-0.4, -0.2) is 156 Å². The second-order valence-electron chi connectivity index (χ2n) is 36.8. The highest BCUT2D eigenvalue weighted by molar-refractivity contribution is 7.92. The van der Waals surface area contributed by atoms with E-state index in [2.05, 4.69) is 33.3 Å². The number of sulfonamides is 2. The molecule has 4 amide bonds. The first kappa shape index (κ1) is 81.2. The number of aromatic nitrogens is 2. The zero-order valence-electron chi connectivity index (χ0n) is 67.2. The van der Waals surface area contributed by atoms with Gasteiger partial charge in [-0.2, -0.15) is 0 Å². The molecule has 8 saturated carbocycles. The number of fused-ring (bicyclic) bond motifs is 8. The van der Waals surface area contributed by atoms with Crippen LogP contribution in [-0.2, 0) is 67.9 Å². The van der Waals surface area contributed by atoms with E-state index in [4.69, 9.17) is 28.4 Å². The molecule has 0 spiro atoms. The van der Waals surface area contributed by atoms with Crippen molar-refractivity contribution in [1.82, 2.24) is 29.2 Å². The van der Waals surface area contributed by atoms with Crippen LogP contribution < -0.4 is 28.4 Å². The summed E-state index contributed by atoms with van der Waals surface area (Å²) >= 11 is 0. The Kier molecular flexibility index (Phi) is 22.9. The summed E-state index contributed by atoms with van der Waals surface area (Å²) in [6.07, 6.45) is 22.5. The van der Waals surface area contributed by atoms with Crippen molar-refractivity contribution in [2.24, 2.45) is 81.8 Å². The van der Waals surface area contributed by atoms with E-state index < -0.39 is 88.3 Å². The third-order valence-corrected chi connectivity index (χ3v) is 32.3. The van der Waals surface area contributed by atoms with E-state index in [9.17, 15) is 55.2 Å². The van der Waals surface area contributed by atoms with Gasteiger partial charge in [-0.3, -0.25) is 47.8 Å². The number of allylic oxidation sites excluding steroid dienone is 4. The molecule has 2 aromatic heterocycles. The molecular formula is C88H114N6O18S2. The number of ketones is 2. The van der Waals surface area contributed by atoms with Gasteiger partial charge in [-0.05, 0) is 262 Å². The Labute approximate surface area is 670 Å². The van der Waals surface area contributed by atoms with Crippen LogP contribution >= 0.6 is 0 Å². The normalized spacial score (nSPS) is 35.2. The highest BCUT2D eigenvalue weighted by Crippen LogP contribution is 2.60. The molecule has 4 aliphatic heterocycles. The number of Topliss-reactive ketones (excluding diaryl/α,β-unsaturated/α-hetero) is 2. The number of nitrogens with one attached hydrogen (secondary N) is 2. The second-order valence-corrected chi connectivity index (χ2v) is 41.2. The van der Waals surface area contributed by atoms with Crippen LogP contribution in [0.2, 0.25) is 0 Å². The van der Waals surface area contributed by atoms with Gasteiger partial charge in [0.05, 0.1) is 83.4 Å². The van der Waals surface area contributed by atoms with Crippen molar-refractivity contribution < 1.29 is 83.6 Å². The summed E-state index contributed by atoms with van der Waals surface area (Å²) in [7, 11) is -7.89. The van der Waals surface area contributed by atoms with Crippen LogP contribution in [0.25, 0.3) is 21.5 Å². The molecule has 12 aliphatic rings. The van der Waals surface area contributed by atoms with E-state index in [-0.39, 0.29) is 135 Å². The van der Waals surface area contributed by atoms with Crippen LogP contribution in [0.3, 0.4) is 0 Å². The van der Waals surface area contributed by atoms with E-state index in [1.165, 1.54) is 12.8 Å². The number of nitrogens with zero attached hydrogens (tertiary/aromatic N) is 4. The van der Waals surface area contributed by atoms with E-state index in [0.29, 0.717) is 112 Å². The third kappa shape index (κ3) is 17.4. The Morgan fingerprint density at radius 3 is 1.26 bits per heavy atom. The topological polar surface area (TPSA) is 317 Å². The monoisotopic (exact) mass is 1610 g/mol. The van der Waals surface area contributed by atoms with Crippen molar-refractivity contribution in [3.8, 4) is 23.3 Å². The standard InChI is InChI=1S/2C44H57N3O9S/c2*1-5-54-32-10-11-35-28(18-32)12-15-45-40(35)56-34-21-37-38(48)24-44(42(51)46-57(52,53)43(4)13-14-43)23-31(44)9-7-6-8-26(2)16-27(3)36(41(50)47(37)25-34)22-39(49)55-33-19-29-17-30(29)20-33/h2*7,9-12,15,18,26-27,29-31,33-34,36-37H,5-6,8,13-14,16-17,19-25H2,1-4H3,(H,46,51)/b2*9-7-/t26-,27+,29-,30+,31+,33?,34+,36-,37-,44+;26-,27-,29-,30+,31-,33?,34-,36+,37+,44-/m01/s1. The molecule has 2 N–H and O–H groups in total. The molecule has 0 bridgehead atoms. The molecular weight excluding hydrogens is 1490 g/mol.